The molecule has 3 heteroatoms. The Morgan fingerprint density at radius 3 is 0.972 bits per heavy atom. The van der Waals surface area contributed by atoms with Crippen molar-refractivity contribution in [3.8, 4) is 0 Å². The number of rotatable bonds is 28. The molecule has 0 bridgehead atoms. The average molecular weight is 510 g/mol. The summed E-state index contributed by atoms with van der Waals surface area (Å²) >= 11 is 0. The summed E-state index contributed by atoms with van der Waals surface area (Å²) in [6.07, 6.45) is 33.1. The molecular formula is C33H67NO2. The van der Waals surface area contributed by atoms with E-state index < -0.39 is 5.97 Å². The molecule has 0 aliphatic heterocycles. The van der Waals surface area contributed by atoms with Gasteiger partial charge < -0.3 is 14.4 Å². The van der Waals surface area contributed by atoms with E-state index in [0.29, 0.717) is 4.48 Å². The van der Waals surface area contributed by atoms with Crippen LogP contribution in [0.1, 0.15) is 174 Å². The average Bonchev–Trinajstić information content (AvgIpc) is 2.81. The Hall–Kier alpha value is -0.570. The first-order valence-electron chi connectivity index (χ1n) is 16.4. The predicted molar refractivity (Wildman–Crippen MR) is 157 cm³/mol. The molecule has 0 fully saturated rings. The lowest BCUT2D eigenvalue weighted by molar-refractivity contribution is -0.893. The minimum atomic E-state index is -0.853. The number of hydrogen-bond acceptors (Lipinski definition) is 2. The number of aliphatic carboxylic acids is 1. The van der Waals surface area contributed by atoms with E-state index in [4.69, 9.17) is 0 Å². The Bertz CT molecular complexity index is 471. The number of unbranched alkanes of at least 4 members (excludes halogenated alkanes) is 21. The van der Waals surface area contributed by atoms with Crippen LogP contribution in [0.2, 0.25) is 0 Å². The first kappa shape index (κ1) is 35.4. The second kappa shape index (κ2) is 24.7. The number of carbonyl (C=O) groups is 1. The number of hydrogen-bond donors (Lipinski definition) is 0. The van der Waals surface area contributed by atoms with E-state index in [9.17, 15) is 9.90 Å². The van der Waals surface area contributed by atoms with Crippen LogP contribution in [-0.2, 0) is 4.79 Å². The molecule has 0 saturated carbocycles. The van der Waals surface area contributed by atoms with E-state index in [1.165, 1.54) is 148 Å². The molecule has 0 heterocycles. The van der Waals surface area contributed by atoms with Crippen molar-refractivity contribution < 1.29 is 14.4 Å². The second-order valence-corrected chi connectivity index (χ2v) is 12.6. The van der Waals surface area contributed by atoms with E-state index >= 15 is 0 Å². The molecule has 0 aromatic heterocycles. The zero-order valence-corrected chi connectivity index (χ0v) is 25.6. The van der Waals surface area contributed by atoms with Crippen LogP contribution in [0.15, 0.2) is 0 Å². The summed E-state index contributed by atoms with van der Waals surface area (Å²) in [6, 6.07) is -0.388. The van der Waals surface area contributed by atoms with Gasteiger partial charge in [-0.05, 0) is 12.8 Å². The lowest BCUT2D eigenvalue weighted by atomic mass is 9.86. The maximum atomic E-state index is 12.1. The lowest BCUT2D eigenvalue weighted by Crippen LogP contribution is -2.58. The molecule has 0 aromatic carbocycles. The first-order chi connectivity index (χ1) is 17.3. The molecule has 0 aliphatic rings. The maximum Gasteiger partial charge on any atom is 0.131 e. The SMILES string of the molecule is CCCCCCCCCCCCCCCC(CCCCCCCCCCCC)C(C(=O)[O-])[N+](C)(C)C. The zero-order valence-electron chi connectivity index (χ0n) is 25.6. The third-order valence-electron chi connectivity index (χ3n) is 8.13. The van der Waals surface area contributed by atoms with Gasteiger partial charge in [0, 0.05) is 5.92 Å². The van der Waals surface area contributed by atoms with Gasteiger partial charge >= 0.3 is 0 Å². The summed E-state index contributed by atoms with van der Waals surface area (Å²) in [5.74, 6) is -0.606. The molecule has 0 aliphatic carbocycles. The zero-order chi connectivity index (χ0) is 26.9. The van der Waals surface area contributed by atoms with Crippen LogP contribution >= 0.6 is 0 Å². The van der Waals surface area contributed by atoms with Gasteiger partial charge in [0.05, 0.1) is 27.1 Å². The molecule has 216 valence electrons. The van der Waals surface area contributed by atoms with Crippen molar-refractivity contribution >= 4 is 5.97 Å². The highest BCUT2D eigenvalue weighted by Crippen LogP contribution is 2.27. The molecular weight excluding hydrogens is 442 g/mol. The smallest absolute Gasteiger partial charge is 0.131 e. The maximum absolute atomic E-state index is 12.1. The third kappa shape index (κ3) is 21.5. The molecule has 0 saturated heterocycles. The lowest BCUT2D eigenvalue weighted by Gasteiger charge is -2.40. The second-order valence-electron chi connectivity index (χ2n) is 12.6. The van der Waals surface area contributed by atoms with Gasteiger partial charge in [-0.1, -0.05) is 162 Å². The largest absolute Gasteiger partial charge is 0.544 e. The Balaban J connectivity index is 4.10. The van der Waals surface area contributed by atoms with E-state index in [2.05, 4.69) is 13.8 Å². The topological polar surface area (TPSA) is 40.1 Å². The Morgan fingerprint density at radius 1 is 0.500 bits per heavy atom. The number of quaternary nitrogens is 1. The summed E-state index contributed by atoms with van der Waals surface area (Å²) in [5, 5.41) is 12.1. The normalized spacial score (nSPS) is 13.7. The number of likely N-dealkylation sites (N-methyl/N-ethyl adjacent to an activating group) is 1. The Morgan fingerprint density at radius 2 is 0.750 bits per heavy atom. The minimum absolute atomic E-state index is 0.247. The van der Waals surface area contributed by atoms with Gasteiger partial charge in [0.2, 0.25) is 0 Å². The monoisotopic (exact) mass is 510 g/mol. The van der Waals surface area contributed by atoms with Crippen LogP contribution in [0, 0.1) is 5.92 Å². The van der Waals surface area contributed by atoms with Gasteiger partial charge in [-0.2, -0.15) is 0 Å². The highest BCUT2D eigenvalue weighted by atomic mass is 16.4. The molecule has 0 spiro atoms. The van der Waals surface area contributed by atoms with Crippen molar-refractivity contribution in [3.05, 3.63) is 0 Å². The Labute approximate surface area is 227 Å². The summed E-state index contributed by atoms with van der Waals surface area (Å²) in [7, 11) is 6.07. The van der Waals surface area contributed by atoms with E-state index in [0.717, 1.165) is 12.8 Å². The van der Waals surface area contributed by atoms with Crippen molar-refractivity contribution in [2.45, 2.75) is 180 Å². The molecule has 36 heavy (non-hydrogen) atoms. The van der Waals surface area contributed by atoms with Crippen molar-refractivity contribution in [3.63, 3.8) is 0 Å². The highest BCUT2D eigenvalue weighted by molar-refractivity contribution is 5.70. The number of carboxylic acids is 1. The van der Waals surface area contributed by atoms with Crippen LogP contribution in [0.3, 0.4) is 0 Å². The highest BCUT2D eigenvalue weighted by Gasteiger charge is 2.33. The molecule has 2 unspecified atom stereocenters. The van der Waals surface area contributed by atoms with Gasteiger partial charge in [-0.25, -0.2) is 0 Å². The van der Waals surface area contributed by atoms with Gasteiger partial charge in [-0.3, -0.25) is 0 Å². The standard InChI is InChI=1S/C33H67NO2/c1-6-8-10-12-14-16-18-19-20-22-24-26-28-30-31(32(33(35)36)34(3,4)5)29-27-25-23-21-17-15-13-11-9-7-2/h31-32H,6-30H2,1-5H3. The van der Waals surface area contributed by atoms with Crippen LogP contribution in [0.5, 0.6) is 0 Å². The third-order valence-corrected chi connectivity index (χ3v) is 8.13. The van der Waals surface area contributed by atoms with Crippen molar-refractivity contribution in [1.29, 1.82) is 0 Å². The van der Waals surface area contributed by atoms with Gasteiger partial charge in [0.1, 0.15) is 6.04 Å². The number of carboxylic acid groups (broad SMARTS) is 1. The van der Waals surface area contributed by atoms with Crippen LogP contribution in [-0.4, -0.2) is 37.6 Å². The fraction of sp³-hybridized carbons (Fsp3) is 0.970. The number of nitrogens with zero attached hydrogens (tertiary/aromatic N) is 1. The van der Waals surface area contributed by atoms with Crippen LogP contribution < -0.4 is 5.11 Å². The molecule has 3 nitrogen and oxygen atoms in total. The molecule has 0 rings (SSSR count). The quantitative estimate of drug-likeness (QED) is 0.0778. The Kier molecular flexibility index (Phi) is 24.4. The molecule has 0 aromatic rings. The van der Waals surface area contributed by atoms with E-state index in [-0.39, 0.29) is 12.0 Å². The summed E-state index contributed by atoms with van der Waals surface area (Å²) in [4.78, 5) is 12.1. The van der Waals surface area contributed by atoms with Crippen LogP contribution in [0.25, 0.3) is 0 Å². The molecule has 0 N–H and O–H groups in total. The fourth-order valence-corrected chi connectivity index (χ4v) is 5.92. The van der Waals surface area contributed by atoms with Crippen molar-refractivity contribution in [2.24, 2.45) is 5.92 Å². The van der Waals surface area contributed by atoms with E-state index in [1.807, 2.05) is 21.1 Å². The van der Waals surface area contributed by atoms with E-state index in [1.54, 1.807) is 0 Å². The number of carbonyl (C=O) groups excluding carboxylic acids is 1. The first-order valence-corrected chi connectivity index (χ1v) is 16.4. The van der Waals surface area contributed by atoms with Gasteiger partial charge in [-0.15, -0.1) is 0 Å². The summed E-state index contributed by atoms with van der Waals surface area (Å²) in [6.45, 7) is 4.56. The van der Waals surface area contributed by atoms with Gasteiger partial charge in [0.25, 0.3) is 0 Å². The molecule has 0 amide bonds. The summed E-state index contributed by atoms with van der Waals surface area (Å²) in [5.41, 5.74) is 0. The minimum Gasteiger partial charge on any atom is -0.544 e. The predicted octanol–water partition coefficient (Wildman–Crippen LogP) is 9.22. The van der Waals surface area contributed by atoms with Crippen molar-refractivity contribution in [2.75, 3.05) is 21.1 Å². The molecule has 2 atom stereocenters. The molecule has 0 radical (unpaired) electrons. The summed E-state index contributed by atoms with van der Waals surface area (Å²) < 4.78 is 0.475. The van der Waals surface area contributed by atoms with Gasteiger partial charge in [0.15, 0.2) is 0 Å². The van der Waals surface area contributed by atoms with Crippen molar-refractivity contribution in [1.82, 2.24) is 0 Å². The fourth-order valence-electron chi connectivity index (χ4n) is 5.92. The van der Waals surface area contributed by atoms with Crippen LogP contribution in [0.4, 0.5) is 0 Å².